The second kappa shape index (κ2) is 4.86. The number of ether oxygens (including phenoxy) is 1. The van der Waals surface area contributed by atoms with Crippen molar-refractivity contribution < 1.29 is 4.74 Å². The van der Waals surface area contributed by atoms with Crippen LogP contribution in [0.1, 0.15) is 11.1 Å². The summed E-state index contributed by atoms with van der Waals surface area (Å²) in [6.45, 7) is 1.89. The highest BCUT2D eigenvalue weighted by atomic mass is 35.5. The molecule has 1 aromatic carbocycles. The molecule has 2 rings (SSSR count). The van der Waals surface area contributed by atoms with E-state index in [-0.39, 0.29) is 0 Å². The fourth-order valence-corrected chi connectivity index (χ4v) is 1.46. The minimum atomic E-state index is 0.388. The van der Waals surface area contributed by atoms with E-state index >= 15 is 0 Å². The molecule has 0 unspecified atom stereocenters. The molecule has 2 aromatic rings. The number of rotatable bonds is 2. The van der Waals surface area contributed by atoms with Crippen molar-refractivity contribution in [2.45, 2.75) is 6.92 Å². The number of nitrogens with zero attached hydrogens (tertiary/aromatic N) is 2. The standard InChI is InChI=1S/C13H9ClN2O/c1-9-8-16-13(14)6-12(9)17-11-4-2-10(7-15)3-5-11/h2-6,8H,1H3. The molecule has 1 aromatic heterocycles. The number of aryl methyl sites for hydroxylation is 1. The molecule has 17 heavy (non-hydrogen) atoms. The van der Waals surface area contributed by atoms with Crippen molar-refractivity contribution in [1.29, 1.82) is 5.26 Å². The largest absolute Gasteiger partial charge is 0.457 e. The Labute approximate surface area is 104 Å². The third kappa shape index (κ3) is 2.74. The number of benzene rings is 1. The monoisotopic (exact) mass is 244 g/mol. The van der Waals surface area contributed by atoms with Crippen molar-refractivity contribution in [3.63, 3.8) is 0 Å². The lowest BCUT2D eigenvalue weighted by molar-refractivity contribution is 0.478. The Morgan fingerprint density at radius 1 is 1.29 bits per heavy atom. The van der Waals surface area contributed by atoms with Gasteiger partial charge in [-0.1, -0.05) is 11.6 Å². The molecule has 4 heteroatoms. The molecular formula is C13H9ClN2O. The van der Waals surface area contributed by atoms with Crippen LogP contribution in [0.3, 0.4) is 0 Å². The zero-order valence-electron chi connectivity index (χ0n) is 9.14. The quantitative estimate of drug-likeness (QED) is 0.757. The second-order valence-corrected chi connectivity index (χ2v) is 3.90. The van der Waals surface area contributed by atoms with E-state index < -0.39 is 0 Å². The third-order valence-electron chi connectivity index (χ3n) is 2.23. The highest BCUT2D eigenvalue weighted by Crippen LogP contribution is 2.26. The zero-order chi connectivity index (χ0) is 12.3. The molecule has 0 radical (unpaired) electrons. The van der Waals surface area contributed by atoms with E-state index in [1.165, 1.54) is 0 Å². The molecule has 0 aliphatic heterocycles. The molecule has 84 valence electrons. The third-order valence-corrected chi connectivity index (χ3v) is 2.44. The smallest absolute Gasteiger partial charge is 0.134 e. The van der Waals surface area contributed by atoms with Gasteiger partial charge >= 0.3 is 0 Å². The first kappa shape index (κ1) is 11.4. The first-order chi connectivity index (χ1) is 8.19. The van der Waals surface area contributed by atoms with E-state index in [1.54, 1.807) is 36.5 Å². The minimum Gasteiger partial charge on any atom is -0.457 e. The number of hydrogen-bond donors (Lipinski definition) is 0. The normalized spacial score (nSPS) is 9.71. The number of pyridine rings is 1. The minimum absolute atomic E-state index is 0.388. The van der Waals surface area contributed by atoms with Crippen molar-refractivity contribution in [2.75, 3.05) is 0 Å². The summed E-state index contributed by atoms with van der Waals surface area (Å²) < 4.78 is 5.66. The molecule has 3 nitrogen and oxygen atoms in total. The van der Waals surface area contributed by atoms with Gasteiger partial charge in [0.15, 0.2) is 0 Å². The van der Waals surface area contributed by atoms with Crippen LogP contribution in [0.25, 0.3) is 0 Å². The fourth-order valence-electron chi connectivity index (χ4n) is 1.32. The van der Waals surface area contributed by atoms with Crippen LogP contribution in [0, 0.1) is 18.3 Å². The van der Waals surface area contributed by atoms with Crippen LogP contribution in [-0.4, -0.2) is 4.98 Å². The van der Waals surface area contributed by atoms with Gasteiger partial charge in [0.1, 0.15) is 16.7 Å². The lowest BCUT2D eigenvalue weighted by Gasteiger charge is -2.08. The van der Waals surface area contributed by atoms with Crippen LogP contribution in [-0.2, 0) is 0 Å². The highest BCUT2D eigenvalue weighted by Gasteiger charge is 2.03. The molecule has 0 N–H and O–H groups in total. The van der Waals surface area contributed by atoms with Gasteiger partial charge in [-0.25, -0.2) is 4.98 Å². The number of nitriles is 1. The molecule has 0 saturated heterocycles. The summed E-state index contributed by atoms with van der Waals surface area (Å²) in [6.07, 6.45) is 1.65. The summed E-state index contributed by atoms with van der Waals surface area (Å²) in [6, 6.07) is 10.6. The van der Waals surface area contributed by atoms with E-state index in [2.05, 4.69) is 11.1 Å². The van der Waals surface area contributed by atoms with Gasteiger partial charge in [0.25, 0.3) is 0 Å². The Hall–Kier alpha value is -2.05. The Morgan fingerprint density at radius 3 is 2.65 bits per heavy atom. The predicted octanol–water partition coefficient (Wildman–Crippen LogP) is 3.71. The molecule has 0 atom stereocenters. The molecule has 0 amide bonds. The molecule has 0 saturated carbocycles. The number of hydrogen-bond acceptors (Lipinski definition) is 3. The van der Waals surface area contributed by atoms with Crippen LogP contribution in [0.5, 0.6) is 11.5 Å². The van der Waals surface area contributed by atoms with Crippen molar-refractivity contribution >= 4 is 11.6 Å². The van der Waals surface area contributed by atoms with E-state index in [0.29, 0.717) is 22.2 Å². The first-order valence-corrected chi connectivity index (χ1v) is 5.37. The van der Waals surface area contributed by atoms with Crippen molar-refractivity contribution in [1.82, 2.24) is 4.98 Å². The van der Waals surface area contributed by atoms with Gasteiger partial charge in [0, 0.05) is 17.8 Å². The van der Waals surface area contributed by atoms with Crippen molar-refractivity contribution in [3.8, 4) is 17.6 Å². The van der Waals surface area contributed by atoms with Crippen molar-refractivity contribution in [2.24, 2.45) is 0 Å². The van der Waals surface area contributed by atoms with Crippen LogP contribution in [0.15, 0.2) is 36.5 Å². The number of aromatic nitrogens is 1. The van der Waals surface area contributed by atoms with Gasteiger partial charge in [0.2, 0.25) is 0 Å². The first-order valence-electron chi connectivity index (χ1n) is 4.99. The van der Waals surface area contributed by atoms with Gasteiger partial charge in [-0.05, 0) is 31.2 Å². The molecule has 0 bridgehead atoms. The molecule has 1 heterocycles. The Bertz CT molecular complexity index is 573. The second-order valence-electron chi connectivity index (χ2n) is 3.51. The highest BCUT2D eigenvalue weighted by molar-refractivity contribution is 6.29. The zero-order valence-corrected chi connectivity index (χ0v) is 9.90. The average molecular weight is 245 g/mol. The van der Waals surface area contributed by atoms with Crippen LogP contribution in [0.4, 0.5) is 0 Å². The number of halogens is 1. The molecule has 0 aliphatic carbocycles. The van der Waals surface area contributed by atoms with E-state index in [0.717, 1.165) is 5.56 Å². The van der Waals surface area contributed by atoms with Gasteiger partial charge in [-0.2, -0.15) is 5.26 Å². The molecule has 0 fully saturated rings. The summed E-state index contributed by atoms with van der Waals surface area (Å²) in [4.78, 5) is 3.95. The maximum atomic E-state index is 8.68. The predicted molar refractivity (Wildman–Crippen MR) is 65.2 cm³/mol. The SMILES string of the molecule is Cc1cnc(Cl)cc1Oc1ccc(C#N)cc1. The van der Waals surface area contributed by atoms with Gasteiger partial charge in [-0.3, -0.25) is 0 Å². The maximum Gasteiger partial charge on any atom is 0.134 e. The Kier molecular flexibility index (Phi) is 3.27. The van der Waals surface area contributed by atoms with Gasteiger partial charge < -0.3 is 4.74 Å². The topological polar surface area (TPSA) is 45.9 Å². The Morgan fingerprint density at radius 2 is 2.00 bits per heavy atom. The molecule has 0 spiro atoms. The van der Waals surface area contributed by atoms with E-state index in [4.69, 9.17) is 21.6 Å². The summed E-state index contributed by atoms with van der Waals surface area (Å²) in [5, 5.41) is 9.07. The summed E-state index contributed by atoms with van der Waals surface area (Å²) in [7, 11) is 0. The van der Waals surface area contributed by atoms with Crippen LogP contribution >= 0.6 is 11.6 Å². The average Bonchev–Trinajstić information content (AvgIpc) is 2.35. The van der Waals surface area contributed by atoms with Crippen LogP contribution in [0.2, 0.25) is 5.15 Å². The van der Waals surface area contributed by atoms with Crippen LogP contribution < -0.4 is 4.74 Å². The fraction of sp³-hybridized carbons (Fsp3) is 0.0769. The van der Waals surface area contributed by atoms with Gasteiger partial charge in [-0.15, -0.1) is 0 Å². The maximum absolute atomic E-state index is 8.68. The van der Waals surface area contributed by atoms with E-state index in [9.17, 15) is 0 Å². The van der Waals surface area contributed by atoms with Gasteiger partial charge in [0.05, 0.1) is 11.6 Å². The Balaban J connectivity index is 2.25. The molecular weight excluding hydrogens is 236 g/mol. The van der Waals surface area contributed by atoms with E-state index in [1.807, 2.05) is 6.92 Å². The lowest BCUT2D eigenvalue weighted by atomic mass is 10.2. The summed E-state index contributed by atoms with van der Waals surface area (Å²) in [5.41, 5.74) is 1.50. The van der Waals surface area contributed by atoms with Crippen molar-refractivity contribution in [3.05, 3.63) is 52.8 Å². The summed E-state index contributed by atoms with van der Waals surface area (Å²) >= 11 is 5.80. The summed E-state index contributed by atoms with van der Waals surface area (Å²) in [5.74, 6) is 1.32. The lowest BCUT2D eigenvalue weighted by Crippen LogP contribution is -1.89. The molecule has 0 aliphatic rings.